The van der Waals surface area contributed by atoms with E-state index < -0.39 is 11.9 Å². The van der Waals surface area contributed by atoms with Crippen molar-refractivity contribution in [3.05, 3.63) is 30.3 Å². The van der Waals surface area contributed by atoms with Gasteiger partial charge in [0, 0.05) is 18.6 Å². The van der Waals surface area contributed by atoms with Gasteiger partial charge in [0.15, 0.2) is 0 Å². The second-order valence-corrected chi connectivity index (χ2v) is 9.72. The zero-order chi connectivity index (χ0) is 22.1. The zero-order valence-electron chi connectivity index (χ0n) is 18.8. The SMILES string of the molecule is COC(=O)CC1=NN(c2ccccc2)C(=O)C1C(C)=NC1CC(C)(C)[NH2+]C(C)(C)C1. The quantitative estimate of drug-likeness (QED) is 0.593. The number of ether oxygens (including phenoxy) is 1. The summed E-state index contributed by atoms with van der Waals surface area (Å²) in [6.07, 6.45) is 1.83. The minimum Gasteiger partial charge on any atom is -0.469 e. The molecule has 2 N–H and O–H groups in total. The summed E-state index contributed by atoms with van der Waals surface area (Å²) in [6, 6.07) is 9.38. The van der Waals surface area contributed by atoms with Crippen molar-refractivity contribution in [2.75, 3.05) is 12.1 Å². The third kappa shape index (κ3) is 4.95. The smallest absolute Gasteiger partial charge is 0.311 e. The molecule has 7 heteroatoms. The summed E-state index contributed by atoms with van der Waals surface area (Å²) in [6.45, 7) is 10.8. The van der Waals surface area contributed by atoms with Crippen molar-refractivity contribution in [3.63, 3.8) is 0 Å². The van der Waals surface area contributed by atoms with E-state index in [4.69, 9.17) is 9.73 Å². The van der Waals surface area contributed by atoms with E-state index in [1.165, 1.54) is 12.1 Å². The summed E-state index contributed by atoms with van der Waals surface area (Å²) in [7, 11) is 1.34. The minimum atomic E-state index is -0.638. The van der Waals surface area contributed by atoms with Crippen LogP contribution in [0.15, 0.2) is 40.4 Å². The van der Waals surface area contributed by atoms with Crippen LogP contribution in [0.4, 0.5) is 5.69 Å². The first-order chi connectivity index (χ1) is 14.0. The number of amides is 1. The Morgan fingerprint density at radius 3 is 2.37 bits per heavy atom. The number of esters is 1. The molecule has 162 valence electrons. The second-order valence-electron chi connectivity index (χ2n) is 9.72. The molecule has 30 heavy (non-hydrogen) atoms. The Labute approximate surface area is 178 Å². The first-order valence-corrected chi connectivity index (χ1v) is 10.5. The molecule has 2 aliphatic heterocycles. The van der Waals surface area contributed by atoms with E-state index in [0.29, 0.717) is 17.1 Å². The van der Waals surface area contributed by atoms with Crippen molar-refractivity contribution >= 4 is 29.0 Å². The monoisotopic (exact) mass is 413 g/mol. The average Bonchev–Trinajstić information content (AvgIpc) is 2.95. The number of benzene rings is 1. The van der Waals surface area contributed by atoms with Crippen LogP contribution in [0.2, 0.25) is 0 Å². The fraction of sp³-hybridized carbons (Fsp3) is 0.565. The Morgan fingerprint density at radius 1 is 1.20 bits per heavy atom. The number of hydrogen-bond donors (Lipinski definition) is 1. The van der Waals surface area contributed by atoms with E-state index in [1.807, 2.05) is 37.3 Å². The van der Waals surface area contributed by atoms with Crippen LogP contribution in [0.3, 0.4) is 0 Å². The third-order valence-corrected chi connectivity index (χ3v) is 5.68. The Balaban J connectivity index is 1.91. The van der Waals surface area contributed by atoms with Crippen LogP contribution in [-0.4, -0.2) is 47.5 Å². The number of hydrazone groups is 1. The first-order valence-electron chi connectivity index (χ1n) is 10.5. The van der Waals surface area contributed by atoms with Crippen LogP contribution in [0, 0.1) is 5.92 Å². The van der Waals surface area contributed by atoms with E-state index in [2.05, 4.69) is 38.1 Å². The van der Waals surface area contributed by atoms with Gasteiger partial charge in [0.05, 0.1) is 42.0 Å². The molecule has 0 aromatic heterocycles. The van der Waals surface area contributed by atoms with E-state index >= 15 is 0 Å². The van der Waals surface area contributed by atoms with E-state index in [-0.39, 0.29) is 29.4 Å². The molecule has 2 heterocycles. The van der Waals surface area contributed by atoms with Gasteiger partial charge in [0.1, 0.15) is 5.92 Å². The van der Waals surface area contributed by atoms with Crippen molar-refractivity contribution in [2.24, 2.45) is 16.0 Å². The number of quaternary nitrogens is 1. The number of para-hydroxylation sites is 1. The number of carbonyl (C=O) groups is 2. The van der Waals surface area contributed by atoms with Crippen LogP contribution in [0.5, 0.6) is 0 Å². The fourth-order valence-electron chi connectivity index (χ4n) is 4.95. The van der Waals surface area contributed by atoms with Crippen molar-refractivity contribution in [1.82, 2.24) is 0 Å². The lowest BCUT2D eigenvalue weighted by Crippen LogP contribution is -3.05. The van der Waals surface area contributed by atoms with Gasteiger partial charge in [-0.15, -0.1) is 0 Å². The molecule has 0 spiro atoms. The molecule has 7 nitrogen and oxygen atoms in total. The summed E-state index contributed by atoms with van der Waals surface area (Å²) in [5.74, 6) is -1.23. The molecule has 1 atom stereocenters. The molecule has 1 fully saturated rings. The number of aliphatic imine (C=N–C) groups is 1. The maximum Gasteiger partial charge on any atom is 0.311 e. The van der Waals surface area contributed by atoms with Gasteiger partial charge in [0.25, 0.3) is 5.91 Å². The molecule has 1 unspecified atom stereocenters. The van der Waals surface area contributed by atoms with Crippen molar-refractivity contribution in [3.8, 4) is 0 Å². The lowest BCUT2D eigenvalue weighted by Gasteiger charge is -2.42. The van der Waals surface area contributed by atoms with Gasteiger partial charge in [0.2, 0.25) is 0 Å². The van der Waals surface area contributed by atoms with Crippen molar-refractivity contribution < 1.29 is 19.6 Å². The van der Waals surface area contributed by atoms with Crippen LogP contribution < -0.4 is 10.3 Å². The lowest BCUT2D eigenvalue weighted by atomic mass is 9.79. The summed E-state index contributed by atoms with van der Waals surface area (Å²) < 4.78 is 4.83. The van der Waals surface area contributed by atoms with Gasteiger partial charge in [-0.25, -0.2) is 0 Å². The molecule has 2 aliphatic rings. The van der Waals surface area contributed by atoms with Gasteiger partial charge >= 0.3 is 5.97 Å². The molecule has 0 saturated carbocycles. The molecule has 1 aromatic carbocycles. The highest BCUT2D eigenvalue weighted by molar-refractivity contribution is 6.30. The van der Waals surface area contributed by atoms with Gasteiger partial charge in [-0.05, 0) is 46.8 Å². The Kier molecular flexibility index (Phi) is 6.13. The van der Waals surface area contributed by atoms with Gasteiger partial charge in [-0.3, -0.25) is 14.6 Å². The second kappa shape index (κ2) is 8.30. The number of nitrogens with zero attached hydrogens (tertiary/aromatic N) is 3. The van der Waals surface area contributed by atoms with E-state index in [0.717, 1.165) is 12.8 Å². The topological polar surface area (TPSA) is 87.9 Å². The van der Waals surface area contributed by atoms with Crippen LogP contribution in [0.25, 0.3) is 0 Å². The predicted octanol–water partition coefficient (Wildman–Crippen LogP) is 2.31. The van der Waals surface area contributed by atoms with Gasteiger partial charge < -0.3 is 10.1 Å². The highest BCUT2D eigenvalue weighted by Gasteiger charge is 2.43. The minimum absolute atomic E-state index is 0.0292. The Bertz CT molecular complexity index is 858. The molecule has 1 aromatic rings. The standard InChI is InChI=1S/C23H32N4O3/c1-15(24-16-13-22(2,3)26-23(4,5)14-16)20-18(12-19(28)30-6)25-27(21(20)29)17-10-8-7-9-11-17/h7-11,16,20,26H,12-14H2,1-6H3/p+1. The maximum atomic E-state index is 13.3. The normalized spacial score (nSPS) is 24.0. The number of hydrogen-bond acceptors (Lipinski definition) is 5. The maximum absolute atomic E-state index is 13.3. The number of piperidine rings is 1. The third-order valence-electron chi connectivity index (χ3n) is 5.68. The summed E-state index contributed by atoms with van der Waals surface area (Å²) in [5.41, 5.74) is 2.02. The van der Waals surface area contributed by atoms with E-state index in [1.54, 1.807) is 0 Å². The molecule has 0 aliphatic carbocycles. The number of rotatable bonds is 5. The lowest BCUT2D eigenvalue weighted by molar-refractivity contribution is -0.787. The van der Waals surface area contributed by atoms with Gasteiger partial charge in [-0.1, -0.05) is 18.2 Å². The number of anilines is 1. The van der Waals surface area contributed by atoms with Crippen molar-refractivity contribution in [2.45, 2.75) is 71.0 Å². The fourth-order valence-corrected chi connectivity index (χ4v) is 4.95. The molecule has 3 rings (SSSR count). The van der Waals surface area contributed by atoms with Crippen LogP contribution >= 0.6 is 0 Å². The number of methoxy groups -OCH3 is 1. The van der Waals surface area contributed by atoms with Crippen LogP contribution in [0.1, 0.15) is 53.9 Å². The molecular formula is C23H33N4O3+. The largest absolute Gasteiger partial charge is 0.469 e. The number of nitrogens with two attached hydrogens (primary N) is 1. The summed E-state index contributed by atoms with van der Waals surface area (Å²) in [5, 5.41) is 8.28. The first kappa shape index (κ1) is 22.2. The summed E-state index contributed by atoms with van der Waals surface area (Å²) >= 11 is 0. The molecule has 0 radical (unpaired) electrons. The number of carbonyl (C=O) groups excluding carboxylic acids is 2. The molecule has 1 amide bonds. The van der Waals surface area contributed by atoms with Crippen LogP contribution in [-0.2, 0) is 14.3 Å². The predicted molar refractivity (Wildman–Crippen MR) is 118 cm³/mol. The highest BCUT2D eigenvalue weighted by Crippen LogP contribution is 2.29. The van der Waals surface area contributed by atoms with Gasteiger partial charge in [-0.2, -0.15) is 10.1 Å². The molecular weight excluding hydrogens is 380 g/mol. The molecule has 1 saturated heterocycles. The Morgan fingerprint density at radius 2 is 1.80 bits per heavy atom. The average molecular weight is 414 g/mol. The zero-order valence-corrected chi connectivity index (χ0v) is 18.8. The van der Waals surface area contributed by atoms with E-state index in [9.17, 15) is 9.59 Å². The molecule has 0 bridgehead atoms. The summed E-state index contributed by atoms with van der Waals surface area (Å²) in [4.78, 5) is 30.3. The highest BCUT2D eigenvalue weighted by atomic mass is 16.5. The van der Waals surface area contributed by atoms with Crippen molar-refractivity contribution in [1.29, 1.82) is 0 Å². The Hall–Kier alpha value is -2.54.